The number of benzene rings is 3. The van der Waals surface area contributed by atoms with Gasteiger partial charge in [0.15, 0.2) is 0 Å². The van der Waals surface area contributed by atoms with Crippen LogP contribution in [-0.2, 0) is 18.4 Å². The molecule has 0 saturated carbocycles. The van der Waals surface area contributed by atoms with Crippen molar-refractivity contribution in [3.05, 3.63) is 100 Å². The van der Waals surface area contributed by atoms with Crippen LogP contribution in [0, 0.1) is 6.92 Å². The molecule has 0 aromatic heterocycles. The molecular formula is C30H38ClNO2. The number of halogens is 1. The largest absolute Gasteiger partial charge is 0.492 e. The molecule has 0 fully saturated rings. The highest BCUT2D eigenvalue weighted by Gasteiger charge is 2.29. The standard InChI is InChI=1S/C30H38ClNO2/c1-4-32(5-2)21-22-34-29-18-14-27(15-19-29)30(33,23-26-10-8-24(3)9-11-26)20-6-7-25-12-16-28(31)17-13-25/h8-19,33H,4-7,20-23H2,1-3H3. The van der Waals surface area contributed by atoms with Crippen molar-refractivity contribution in [1.29, 1.82) is 0 Å². The maximum atomic E-state index is 11.9. The third-order valence-corrected chi connectivity index (χ3v) is 6.80. The van der Waals surface area contributed by atoms with E-state index in [0.29, 0.717) is 19.4 Å². The third-order valence-electron chi connectivity index (χ3n) is 6.55. The Kier molecular flexibility index (Phi) is 10.0. The van der Waals surface area contributed by atoms with Gasteiger partial charge in [-0.15, -0.1) is 0 Å². The summed E-state index contributed by atoms with van der Waals surface area (Å²) in [5.41, 5.74) is 3.58. The highest BCUT2D eigenvalue weighted by Crippen LogP contribution is 2.33. The van der Waals surface area contributed by atoms with Crippen LogP contribution in [-0.4, -0.2) is 36.2 Å². The van der Waals surface area contributed by atoms with Crippen LogP contribution in [0.1, 0.15) is 48.9 Å². The topological polar surface area (TPSA) is 32.7 Å². The van der Waals surface area contributed by atoms with Crippen LogP contribution < -0.4 is 4.74 Å². The fourth-order valence-electron chi connectivity index (χ4n) is 4.31. The minimum absolute atomic E-state index is 0.579. The summed E-state index contributed by atoms with van der Waals surface area (Å²) in [6.07, 6.45) is 3.04. The Labute approximate surface area is 210 Å². The highest BCUT2D eigenvalue weighted by molar-refractivity contribution is 6.30. The molecule has 182 valence electrons. The molecule has 0 bridgehead atoms. The molecule has 0 aliphatic heterocycles. The molecule has 0 saturated heterocycles. The second-order valence-corrected chi connectivity index (χ2v) is 9.51. The summed E-state index contributed by atoms with van der Waals surface area (Å²) in [5, 5.41) is 12.6. The Morgan fingerprint density at radius 1 is 0.853 bits per heavy atom. The number of nitrogens with zero attached hydrogens (tertiary/aromatic N) is 1. The van der Waals surface area contributed by atoms with Crippen LogP contribution in [0.4, 0.5) is 0 Å². The van der Waals surface area contributed by atoms with Crippen molar-refractivity contribution in [2.45, 2.75) is 52.1 Å². The lowest BCUT2D eigenvalue weighted by atomic mass is 9.82. The van der Waals surface area contributed by atoms with Gasteiger partial charge in [0.2, 0.25) is 0 Å². The number of likely N-dealkylation sites (N-methyl/N-ethyl adjacent to an activating group) is 1. The average molecular weight is 480 g/mol. The van der Waals surface area contributed by atoms with Gasteiger partial charge < -0.3 is 14.7 Å². The van der Waals surface area contributed by atoms with Gasteiger partial charge in [-0.2, -0.15) is 0 Å². The molecule has 0 amide bonds. The van der Waals surface area contributed by atoms with Gasteiger partial charge in [-0.05, 0) is 80.2 Å². The molecule has 34 heavy (non-hydrogen) atoms. The molecule has 3 aromatic rings. The first kappa shape index (κ1) is 26.3. The van der Waals surface area contributed by atoms with Gasteiger partial charge >= 0.3 is 0 Å². The van der Waals surface area contributed by atoms with Gasteiger partial charge in [-0.3, -0.25) is 0 Å². The van der Waals surface area contributed by atoms with E-state index < -0.39 is 5.60 Å². The lowest BCUT2D eigenvalue weighted by molar-refractivity contribution is 0.0256. The second kappa shape index (κ2) is 12.9. The van der Waals surface area contributed by atoms with Gasteiger partial charge in [0.05, 0.1) is 5.60 Å². The maximum absolute atomic E-state index is 11.9. The fourth-order valence-corrected chi connectivity index (χ4v) is 4.43. The van der Waals surface area contributed by atoms with E-state index in [4.69, 9.17) is 16.3 Å². The minimum Gasteiger partial charge on any atom is -0.492 e. The number of aryl methyl sites for hydroxylation is 2. The van der Waals surface area contributed by atoms with Crippen molar-refractivity contribution in [1.82, 2.24) is 4.90 Å². The Morgan fingerprint density at radius 3 is 2.09 bits per heavy atom. The summed E-state index contributed by atoms with van der Waals surface area (Å²) in [4.78, 5) is 2.34. The molecule has 0 heterocycles. The van der Waals surface area contributed by atoms with Crippen LogP contribution in [0.5, 0.6) is 5.75 Å². The highest BCUT2D eigenvalue weighted by atomic mass is 35.5. The van der Waals surface area contributed by atoms with Gasteiger partial charge in [-0.25, -0.2) is 0 Å². The molecule has 4 heteroatoms. The van der Waals surface area contributed by atoms with Crippen LogP contribution in [0.25, 0.3) is 0 Å². The van der Waals surface area contributed by atoms with Crippen LogP contribution >= 0.6 is 11.6 Å². The first-order chi connectivity index (χ1) is 16.4. The Bertz CT molecular complexity index is 982. The van der Waals surface area contributed by atoms with E-state index >= 15 is 0 Å². The van der Waals surface area contributed by atoms with E-state index in [2.05, 4.69) is 62.1 Å². The molecular weight excluding hydrogens is 442 g/mol. The summed E-state index contributed by atoms with van der Waals surface area (Å²) in [7, 11) is 0. The Balaban J connectivity index is 1.70. The molecule has 0 aliphatic carbocycles. The molecule has 0 aliphatic rings. The number of ether oxygens (including phenoxy) is 1. The summed E-state index contributed by atoms with van der Waals surface area (Å²) in [6.45, 7) is 10.1. The van der Waals surface area contributed by atoms with Crippen molar-refractivity contribution in [2.75, 3.05) is 26.2 Å². The van der Waals surface area contributed by atoms with Crippen LogP contribution in [0.15, 0.2) is 72.8 Å². The molecule has 1 atom stereocenters. The van der Waals surface area contributed by atoms with Crippen molar-refractivity contribution in [2.24, 2.45) is 0 Å². The molecule has 3 aromatic carbocycles. The number of aliphatic hydroxyl groups is 1. The van der Waals surface area contributed by atoms with E-state index in [9.17, 15) is 5.11 Å². The van der Waals surface area contributed by atoms with Crippen molar-refractivity contribution >= 4 is 11.6 Å². The molecule has 1 unspecified atom stereocenters. The zero-order valence-corrected chi connectivity index (χ0v) is 21.5. The Morgan fingerprint density at radius 2 is 1.47 bits per heavy atom. The lowest BCUT2D eigenvalue weighted by Crippen LogP contribution is -2.29. The molecule has 0 spiro atoms. The monoisotopic (exact) mass is 479 g/mol. The van der Waals surface area contributed by atoms with Gasteiger partial charge in [0.1, 0.15) is 12.4 Å². The average Bonchev–Trinajstić information content (AvgIpc) is 2.85. The molecule has 3 rings (SSSR count). The lowest BCUT2D eigenvalue weighted by Gasteiger charge is -2.29. The number of hydrogen-bond donors (Lipinski definition) is 1. The predicted octanol–water partition coefficient (Wildman–Crippen LogP) is 6.82. The molecule has 0 radical (unpaired) electrons. The zero-order valence-electron chi connectivity index (χ0n) is 20.8. The van der Waals surface area contributed by atoms with Crippen molar-refractivity contribution < 1.29 is 9.84 Å². The Hall–Kier alpha value is -2.33. The van der Waals surface area contributed by atoms with E-state index in [1.165, 1.54) is 11.1 Å². The van der Waals surface area contributed by atoms with Crippen LogP contribution in [0.3, 0.4) is 0 Å². The quantitative estimate of drug-likeness (QED) is 0.292. The van der Waals surface area contributed by atoms with Gasteiger partial charge in [-0.1, -0.05) is 79.5 Å². The number of hydrogen-bond acceptors (Lipinski definition) is 3. The zero-order chi connectivity index (χ0) is 24.4. The molecule has 1 N–H and O–H groups in total. The van der Waals surface area contributed by atoms with Crippen molar-refractivity contribution in [3.8, 4) is 5.75 Å². The summed E-state index contributed by atoms with van der Waals surface area (Å²) >= 11 is 6.02. The predicted molar refractivity (Wildman–Crippen MR) is 143 cm³/mol. The third kappa shape index (κ3) is 7.87. The first-order valence-corrected chi connectivity index (χ1v) is 12.8. The van der Waals surface area contributed by atoms with Gasteiger partial charge in [0.25, 0.3) is 0 Å². The minimum atomic E-state index is -0.943. The smallest absolute Gasteiger partial charge is 0.119 e. The molecule has 3 nitrogen and oxygen atoms in total. The first-order valence-electron chi connectivity index (χ1n) is 12.4. The van der Waals surface area contributed by atoms with Crippen molar-refractivity contribution in [3.63, 3.8) is 0 Å². The summed E-state index contributed by atoms with van der Waals surface area (Å²) in [5.74, 6) is 0.842. The van der Waals surface area contributed by atoms with E-state index in [1.54, 1.807) is 0 Å². The van der Waals surface area contributed by atoms with Crippen LogP contribution in [0.2, 0.25) is 5.02 Å². The van der Waals surface area contributed by atoms with Gasteiger partial charge in [0, 0.05) is 18.0 Å². The second-order valence-electron chi connectivity index (χ2n) is 9.07. The van der Waals surface area contributed by atoms with E-state index in [-0.39, 0.29) is 0 Å². The normalized spacial score (nSPS) is 13.1. The van der Waals surface area contributed by atoms with E-state index in [0.717, 1.165) is 54.4 Å². The summed E-state index contributed by atoms with van der Waals surface area (Å²) < 4.78 is 5.95. The van der Waals surface area contributed by atoms with E-state index in [1.807, 2.05) is 36.4 Å². The fraction of sp³-hybridized carbons (Fsp3) is 0.400. The SMILES string of the molecule is CCN(CC)CCOc1ccc(C(O)(CCCc2ccc(Cl)cc2)Cc2ccc(C)cc2)cc1. The number of rotatable bonds is 13. The maximum Gasteiger partial charge on any atom is 0.119 e. The summed E-state index contributed by atoms with van der Waals surface area (Å²) in [6, 6.07) is 24.4.